The van der Waals surface area contributed by atoms with Crippen LogP contribution in [-0.4, -0.2) is 35.6 Å². The van der Waals surface area contributed by atoms with Crippen molar-refractivity contribution in [1.82, 2.24) is 9.88 Å². The van der Waals surface area contributed by atoms with Crippen LogP contribution >= 0.6 is 0 Å². The molecule has 0 saturated heterocycles. The third-order valence-corrected chi connectivity index (χ3v) is 4.59. The Bertz CT molecular complexity index is 720. The molecule has 0 saturated carbocycles. The lowest BCUT2D eigenvalue weighted by Crippen LogP contribution is -2.14. The van der Waals surface area contributed by atoms with Gasteiger partial charge in [-0.25, -0.2) is 0 Å². The SMILES string of the molecule is CC(C1=C(CCN(C)C)Cc2cc(O)ccc21)c1ccccn1. The van der Waals surface area contributed by atoms with Crippen LogP contribution in [-0.2, 0) is 6.42 Å². The third-order valence-electron chi connectivity index (χ3n) is 4.59. The Morgan fingerprint density at radius 3 is 2.74 bits per heavy atom. The van der Waals surface area contributed by atoms with Crippen LogP contribution < -0.4 is 0 Å². The predicted octanol–water partition coefficient (Wildman–Crippen LogP) is 3.85. The molecule has 0 spiro atoms. The van der Waals surface area contributed by atoms with Crippen molar-refractivity contribution in [3.8, 4) is 5.75 Å². The second-order valence-corrected chi connectivity index (χ2v) is 6.57. The monoisotopic (exact) mass is 308 g/mol. The van der Waals surface area contributed by atoms with E-state index in [2.05, 4.69) is 43.0 Å². The van der Waals surface area contributed by atoms with Crippen LogP contribution in [0.4, 0.5) is 0 Å². The van der Waals surface area contributed by atoms with Gasteiger partial charge in [-0.15, -0.1) is 0 Å². The molecule has 0 aliphatic heterocycles. The molecule has 23 heavy (non-hydrogen) atoms. The first kappa shape index (κ1) is 15.8. The molecule has 2 aromatic rings. The van der Waals surface area contributed by atoms with Gasteiger partial charge in [0.05, 0.1) is 0 Å². The zero-order chi connectivity index (χ0) is 16.4. The molecule has 0 radical (unpaired) electrons. The number of hydrogen-bond donors (Lipinski definition) is 1. The summed E-state index contributed by atoms with van der Waals surface area (Å²) in [5, 5.41) is 9.80. The molecule has 1 aliphatic carbocycles. The Morgan fingerprint density at radius 2 is 2.04 bits per heavy atom. The molecule has 0 fully saturated rings. The second-order valence-electron chi connectivity index (χ2n) is 6.57. The van der Waals surface area contributed by atoms with Gasteiger partial charge in [0.2, 0.25) is 0 Å². The summed E-state index contributed by atoms with van der Waals surface area (Å²) >= 11 is 0. The molecule has 1 unspecified atom stereocenters. The van der Waals surface area contributed by atoms with Gasteiger partial charge >= 0.3 is 0 Å². The van der Waals surface area contributed by atoms with E-state index in [1.807, 2.05) is 24.4 Å². The van der Waals surface area contributed by atoms with Gasteiger partial charge in [-0.2, -0.15) is 0 Å². The minimum Gasteiger partial charge on any atom is -0.508 e. The highest BCUT2D eigenvalue weighted by molar-refractivity contribution is 5.80. The van der Waals surface area contributed by atoms with E-state index in [9.17, 15) is 5.11 Å². The molecule has 0 amide bonds. The van der Waals surface area contributed by atoms with Crippen molar-refractivity contribution >= 4 is 5.57 Å². The van der Waals surface area contributed by atoms with E-state index in [0.29, 0.717) is 5.75 Å². The maximum absolute atomic E-state index is 9.80. The molecule has 3 rings (SSSR count). The molecule has 1 aromatic carbocycles. The van der Waals surface area contributed by atoms with Gasteiger partial charge < -0.3 is 10.0 Å². The minimum absolute atomic E-state index is 0.263. The summed E-state index contributed by atoms with van der Waals surface area (Å²) in [5.74, 6) is 0.613. The summed E-state index contributed by atoms with van der Waals surface area (Å²) in [4.78, 5) is 6.77. The summed E-state index contributed by atoms with van der Waals surface area (Å²) in [6, 6.07) is 11.9. The number of aromatic hydroxyl groups is 1. The van der Waals surface area contributed by atoms with Gasteiger partial charge in [0.15, 0.2) is 0 Å². The van der Waals surface area contributed by atoms with E-state index >= 15 is 0 Å². The number of rotatable bonds is 5. The van der Waals surface area contributed by atoms with Crippen LogP contribution in [0.2, 0.25) is 0 Å². The zero-order valence-electron chi connectivity index (χ0n) is 14.1. The molecule has 120 valence electrons. The number of benzene rings is 1. The molecule has 1 aliphatic rings. The standard InChI is InChI=1S/C20H24N2O/c1-14(19-6-4-5-10-21-19)20-15(9-11-22(2)3)12-16-13-17(23)7-8-18(16)20/h4-8,10,13-14,23H,9,11-12H2,1-3H3. The first-order valence-corrected chi connectivity index (χ1v) is 8.16. The van der Waals surface area contributed by atoms with Crippen molar-refractivity contribution in [2.75, 3.05) is 20.6 Å². The highest BCUT2D eigenvalue weighted by Crippen LogP contribution is 2.43. The van der Waals surface area contributed by atoms with Crippen molar-refractivity contribution in [3.05, 3.63) is 65.0 Å². The number of allylic oxidation sites excluding steroid dienone is 1. The molecular formula is C20H24N2O. The number of phenols is 1. The van der Waals surface area contributed by atoms with Crippen molar-refractivity contribution in [2.45, 2.75) is 25.7 Å². The molecule has 3 nitrogen and oxygen atoms in total. The Balaban J connectivity index is 2.00. The highest BCUT2D eigenvalue weighted by Gasteiger charge is 2.26. The van der Waals surface area contributed by atoms with Crippen molar-refractivity contribution < 1.29 is 5.11 Å². The van der Waals surface area contributed by atoms with Crippen molar-refractivity contribution in [3.63, 3.8) is 0 Å². The first-order chi connectivity index (χ1) is 11.1. The Kier molecular flexibility index (Phi) is 4.49. The number of aromatic nitrogens is 1. The number of phenolic OH excluding ortho intramolecular Hbond substituents is 1. The molecule has 3 heteroatoms. The zero-order valence-corrected chi connectivity index (χ0v) is 14.1. The van der Waals surface area contributed by atoms with Crippen LogP contribution in [0, 0.1) is 0 Å². The second kappa shape index (κ2) is 6.55. The van der Waals surface area contributed by atoms with E-state index in [-0.39, 0.29) is 5.92 Å². The fourth-order valence-corrected chi connectivity index (χ4v) is 3.41. The largest absolute Gasteiger partial charge is 0.508 e. The fourth-order valence-electron chi connectivity index (χ4n) is 3.41. The minimum atomic E-state index is 0.263. The quantitative estimate of drug-likeness (QED) is 0.911. The van der Waals surface area contributed by atoms with E-state index < -0.39 is 0 Å². The number of pyridine rings is 1. The van der Waals surface area contributed by atoms with E-state index in [0.717, 1.165) is 25.1 Å². The summed E-state index contributed by atoms with van der Waals surface area (Å²) in [6.07, 6.45) is 3.84. The van der Waals surface area contributed by atoms with Crippen LogP contribution in [0.25, 0.3) is 5.57 Å². The predicted molar refractivity (Wildman–Crippen MR) is 94.6 cm³/mol. The maximum Gasteiger partial charge on any atom is 0.115 e. The van der Waals surface area contributed by atoms with Gasteiger partial charge in [0.1, 0.15) is 5.75 Å². The van der Waals surface area contributed by atoms with E-state index in [1.54, 1.807) is 6.07 Å². The molecular weight excluding hydrogens is 284 g/mol. The lowest BCUT2D eigenvalue weighted by molar-refractivity contribution is 0.412. The maximum atomic E-state index is 9.80. The molecule has 0 bridgehead atoms. The number of nitrogens with zero attached hydrogens (tertiary/aromatic N) is 2. The van der Waals surface area contributed by atoms with E-state index in [1.165, 1.54) is 22.3 Å². The van der Waals surface area contributed by atoms with Gasteiger partial charge in [-0.3, -0.25) is 4.98 Å². The van der Waals surface area contributed by atoms with Crippen LogP contribution in [0.3, 0.4) is 0 Å². The van der Waals surface area contributed by atoms with Crippen molar-refractivity contribution in [1.29, 1.82) is 0 Å². The number of hydrogen-bond acceptors (Lipinski definition) is 3. The first-order valence-electron chi connectivity index (χ1n) is 8.16. The Hall–Kier alpha value is -2.13. The molecule has 1 heterocycles. The summed E-state index contributed by atoms with van der Waals surface area (Å²) in [5.41, 5.74) is 6.47. The molecule has 1 aromatic heterocycles. The van der Waals surface area contributed by atoms with Gasteiger partial charge in [0, 0.05) is 24.4 Å². The summed E-state index contributed by atoms with van der Waals surface area (Å²) < 4.78 is 0. The third kappa shape index (κ3) is 3.30. The van der Waals surface area contributed by atoms with Crippen LogP contribution in [0.5, 0.6) is 5.75 Å². The summed E-state index contributed by atoms with van der Waals surface area (Å²) in [7, 11) is 4.21. The summed E-state index contributed by atoms with van der Waals surface area (Å²) in [6.45, 7) is 3.27. The lowest BCUT2D eigenvalue weighted by Gasteiger charge is -2.18. The molecule has 1 atom stereocenters. The average molecular weight is 308 g/mol. The Morgan fingerprint density at radius 1 is 1.22 bits per heavy atom. The number of fused-ring (bicyclic) bond motifs is 1. The van der Waals surface area contributed by atoms with Gasteiger partial charge in [0.25, 0.3) is 0 Å². The fraction of sp³-hybridized carbons (Fsp3) is 0.350. The van der Waals surface area contributed by atoms with Crippen molar-refractivity contribution in [2.24, 2.45) is 0 Å². The van der Waals surface area contributed by atoms with Crippen LogP contribution in [0.1, 0.15) is 36.1 Å². The topological polar surface area (TPSA) is 36.4 Å². The van der Waals surface area contributed by atoms with Gasteiger partial charge in [-0.1, -0.05) is 24.6 Å². The normalized spacial score (nSPS) is 15.1. The average Bonchev–Trinajstić information content (AvgIpc) is 2.90. The Labute approximate surface area is 138 Å². The van der Waals surface area contributed by atoms with Gasteiger partial charge in [-0.05, 0) is 67.9 Å². The molecule has 1 N–H and O–H groups in total. The smallest absolute Gasteiger partial charge is 0.115 e. The lowest BCUT2D eigenvalue weighted by atomic mass is 9.89. The van der Waals surface area contributed by atoms with Crippen LogP contribution in [0.15, 0.2) is 48.2 Å². The highest BCUT2D eigenvalue weighted by atomic mass is 16.3. The van der Waals surface area contributed by atoms with E-state index in [4.69, 9.17) is 0 Å².